The number of rotatable bonds is 5. The van der Waals surface area contributed by atoms with Crippen LogP contribution in [0.5, 0.6) is 0 Å². The summed E-state index contributed by atoms with van der Waals surface area (Å²) in [6, 6.07) is 5.76. The molecular formula is C14H18N6O. The lowest BCUT2D eigenvalue weighted by atomic mass is 10.1. The van der Waals surface area contributed by atoms with Gasteiger partial charge in [0.2, 0.25) is 0 Å². The fourth-order valence-electron chi connectivity index (χ4n) is 2.25. The van der Waals surface area contributed by atoms with Crippen LogP contribution in [0.25, 0.3) is 22.4 Å². The van der Waals surface area contributed by atoms with Crippen molar-refractivity contribution in [1.82, 2.24) is 30.2 Å². The number of para-hydroxylation sites is 1. The molecule has 7 nitrogen and oxygen atoms in total. The smallest absolute Gasteiger partial charge is 0.179 e. The number of hydrogen-bond acceptors (Lipinski definition) is 5. The number of aryl methyl sites for hydroxylation is 1. The summed E-state index contributed by atoms with van der Waals surface area (Å²) in [6.45, 7) is 4.56. The molecule has 110 valence electrons. The third kappa shape index (κ3) is 2.52. The molecule has 0 aliphatic carbocycles. The van der Waals surface area contributed by atoms with Crippen LogP contribution in [-0.2, 0) is 6.54 Å². The summed E-state index contributed by atoms with van der Waals surface area (Å²) >= 11 is 0. The van der Waals surface area contributed by atoms with Gasteiger partial charge in [0.05, 0.1) is 0 Å². The number of aliphatic hydroxyl groups is 1. The van der Waals surface area contributed by atoms with Crippen LogP contribution < -0.4 is 0 Å². The molecule has 2 aromatic heterocycles. The number of benzene rings is 1. The molecule has 21 heavy (non-hydrogen) atoms. The topological polar surface area (TPSA) is 92.5 Å². The van der Waals surface area contributed by atoms with Gasteiger partial charge in [-0.15, -0.1) is 0 Å². The third-order valence-electron chi connectivity index (χ3n) is 3.37. The molecule has 0 radical (unpaired) electrons. The van der Waals surface area contributed by atoms with Crippen molar-refractivity contribution >= 4 is 11.0 Å². The molecule has 0 spiro atoms. The van der Waals surface area contributed by atoms with E-state index in [0.29, 0.717) is 5.82 Å². The molecule has 0 fully saturated rings. The van der Waals surface area contributed by atoms with Crippen molar-refractivity contribution in [2.45, 2.75) is 39.3 Å². The van der Waals surface area contributed by atoms with Gasteiger partial charge in [-0.2, -0.15) is 20.5 Å². The molecule has 1 unspecified atom stereocenters. The van der Waals surface area contributed by atoms with Gasteiger partial charge in [-0.25, -0.2) is 9.67 Å². The van der Waals surface area contributed by atoms with Gasteiger partial charge >= 0.3 is 0 Å². The largest absolute Gasteiger partial charge is 0.385 e. The molecular weight excluding hydrogens is 268 g/mol. The van der Waals surface area contributed by atoms with Gasteiger partial charge in [-0.1, -0.05) is 19.4 Å². The number of aliphatic hydroxyl groups excluding tert-OH is 1. The predicted octanol–water partition coefficient (Wildman–Crippen LogP) is 2.07. The zero-order chi connectivity index (χ0) is 14.8. The van der Waals surface area contributed by atoms with Crippen molar-refractivity contribution in [1.29, 1.82) is 0 Å². The number of aromatic amines is 1. The number of aromatic nitrogens is 6. The highest BCUT2D eigenvalue weighted by Crippen LogP contribution is 2.26. The second kappa shape index (κ2) is 5.61. The van der Waals surface area contributed by atoms with Crippen molar-refractivity contribution in [3.8, 4) is 11.4 Å². The van der Waals surface area contributed by atoms with Gasteiger partial charge in [-0.05, 0) is 25.5 Å². The maximum atomic E-state index is 9.73. The van der Waals surface area contributed by atoms with Crippen LogP contribution in [0.2, 0.25) is 0 Å². The van der Waals surface area contributed by atoms with Gasteiger partial charge < -0.3 is 5.11 Å². The number of nitrogens with zero attached hydrogens (tertiary/aromatic N) is 5. The van der Waals surface area contributed by atoms with E-state index in [-0.39, 0.29) is 0 Å². The van der Waals surface area contributed by atoms with Crippen LogP contribution in [0.1, 0.15) is 38.6 Å². The molecule has 1 atom stereocenters. The van der Waals surface area contributed by atoms with Gasteiger partial charge in [0, 0.05) is 12.1 Å². The molecule has 0 bridgehead atoms. The van der Waals surface area contributed by atoms with Crippen LogP contribution in [0.4, 0.5) is 0 Å². The van der Waals surface area contributed by atoms with Crippen LogP contribution in [0, 0.1) is 0 Å². The van der Waals surface area contributed by atoms with E-state index in [4.69, 9.17) is 0 Å². The Balaban J connectivity index is 2.13. The Morgan fingerprint density at radius 2 is 2.19 bits per heavy atom. The Kier molecular flexibility index (Phi) is 3.66. The fourth-order valence-corrected chi connectivity index (χ4v) is 2.25. The first-order valence-electron chi connectivity index (χ1n) is 7.13. The van der Waals surface area contributed by atoms with Crippen LogP contribution >= 0.6 is 0 Å². The molecule has 1 aromatic carbocycles. The third-order valence-corrected chi connectivity index (χ3v) is 3.37. The minimum atomic E-state index is -0.692. The Morgan fingerprint density at radius 1 is 1.33 bits per heavy atom. The number of nitrogens with one attached hydrogen (secondary N) is 1. The first-order valence-corrected chi connectivity index (χ1v) is 7.13. The van der Waals surface area contributed by atoms with Crippen LogP contribution in [-0.4, -0.2) is 35.3 Å². The second-order valence-electron chi connectivity index (χ2n) is 5.04. The summed E-state index contributed by atoms with van der Waals surface area (Å²) in [7, 11) is 0. The average Bonchev–Trinajstić information content (AvgIpc) is 3.11. The highest BCUT2D eigenvalue weighted by molar-refractivity contribution is 5.89. The SMILES string of the molecule is CCCCn1nc(C(C)O)nc1-c1cccc2n[nH]nc12. The Bertz CT molecular complexity index is 745. The van der Waals surface area contributed by atoms with Gasteiger partial charge in [-0.3, -0.25) is 0 Å². The van der Waals surface area contributed by atoms with Crippen LogP contribution in [0.15, 0.2) is 18.2 Å². The summed E-state index contributed by atoms with van der Waals surface area (Å²) in [6.07, 6.45) is 1.38. The molecule has 3 aromatic rings. The van der Waals surface area contributed by atoms with Crippen LogP contribution in [0.3, 0.4) is 0 Å². The highest BCUT2D eigenvalue weighted by atomic mass is 16.3. The zero-order valence-corrected chi connectivity index (χ0v) is 12.1. The molecule has 0 aliphatic heterocycles. The Labute approximate surface area is 122 Å². The van der Waals surface area contributed by atoms with Crippen molar-refractivity contribution < 1.29 is 5.11 Å². The highest BCUT2D eigenvalue weighted by Gasteiger charge is 2.18. The van der Waals surface area contributed by atoms with Gasteiger partial charge in [0.25, 0.3) is 0 Å². The van der Waals surface area contributed by atoms with Crippen molar-refractivity contribution in [2.75, 3.05) is 0 Å². The van der Waals surface area contributed by atoms with Gasteiger partial charge in [0.1, 0.15) is 17.1 Å². The standard InChI is InChI=1S/C14H18N6O/c1-3-4-8-20-14(15-13(18-20)9(2)21)10-6-5-7-11-12(10)17-19-16-11/h5-7,9,21H,3-4,8H2,1-2H3,(H,16,17,19). The summed E-state index contributed by atoms with van der Waals surface area (Å²) in [4.78, 5) is 4.48. The van der Waals surface area contributed by atoms with E-state index in [1.807, 2.05) is 22.9 Å². The fraction of sp³-hybridized carbons (Fsp3) is 0.429. The Hall–Kier alpha value is -2.28. The summed E-state index contributed by atoms with van der Waals surface area (Å²) in [5.41, 5.74) is 2.42. The normalized spacial score (nSPS) is 12.9. The quantitative estimate of drug-likeness (QED) is 0.749. The van der Waals surface area contributed by atoms with E-state index in [9.17, 15) is 5.11 Å². The van der Waals surface area contributed by atoms with Crippen molar-refractivity contribution in [3.05, 3.63) is 24.0 Å². The minimum Gasteiger partial charge on any atom is -0.385 e. The van der Waals surface area contributed by atoms with E-state index in [1.54, 1.807) is 6.92 Å². The summed E-state index contributed by atoms with van der Waals surface area (Å²) in [5, 5.41) is 25.1. The van der Waals surface area contributed by atoms with E-state index in [0.717, 1.165) is 41.8 Å². The van der Waals surface area contributed by atoms with E-state index in [1.165, 1.54) is 0 Å². The average molecular weight is 286 g/mol. The molecule has 3 rings (SSSR count). The molecule has 2 heterocycles. The van der Waals surface area contributed by atoms with Crippen molar-refractivity contribution in [2.24, 2.45) is 0 Å². The lowest BCUT2D eigenvalue weighted by Gasteiger charge is -2.05. The minimum absolute atomic E-state index is 0.432. The number of hydrogen-bond donors (Lipinski definition) is 2. The second-order valence-corrected chi connectivity index (χ2v) is 5.04. The van der Waals surface area contributed by atoms with Crippen molar-refractivity contribution in [3.63, 3.8) is 0 Å². The van der Waals surface area contributed by atoms with E-state index in [2.05, 4.69) is 32.4 Å². The molecule has 0 saturated heterocycles. The molecule has 7 heteroatoms. The van der Waals surface area contributed by atoms with E-state index >= 15 is 0 Å². The molecule has 2 N–H and O–H groups in total. The lowest BCUT2D eigenvalue weighted by molar-refractivity contribution is 0.188. The van der Waals surface area contributed by atoms with E-state index < -0.39 is 6.10 Å². The Morgan fingerprint density at radius 3 is 2.95 bits per heavy atom. The maximum Gasteiger partial charge on any atom is 0.179 e. The summed E-state index contributed by atoms with van der Waals surface area (Å²) < 4.78 is 1.84. The molecule has 0 saturated carbocycles. The van der Waals surface area contributed by atoms with Gasteiger partial charge in [0.15, 0.2) is 11.6 Å². The number of H-pyrrole nitrogens is 1. The monoisotopic (exact) mass is 286 g/mol. The molecule has 0 amide bonds. The zero-order valence-electron chi connectivity index (χ0n) is 12.1. The predicted molar refractivity (Wildman–Crippen MR) is 78.4 cm³/mol. The first kappa shape index (κ1) is 13.7. The number of fused-ring (bicyclic) bond motifs is 1. The number of unbranched alkanes of at least 4 members (excludes halogenated alkanes) is 1. The summed E-state index contributed by atoms with van der Waals surface area (Å²) in [5.74, 6) is 1.15. The lowest BCUT2D eigenvalue weighted by Crippen LogP contribution is -2.03. The molecule has 0 aliphatic rings. The first-order chi connectivity index (χ1) is 10.2. The maximum absolute atomic E-state index is 9.73.